The average Bonchev–Trinajstić information content (AvgIpc) is 4.03. The van der Waals surface area contributed by atoms with E-state index in [1.54, 1.807) is 0 Å². The van der Waals surface area contributed by atoms with Gasteiger partial charge in [-0.2, -0.15) is 0 Å². The molecule has 0 N–H and O–H groups in total. The van der Waals surface area contributed by atoms with Crippen molar-refractivity contribution < 1.29 is 33.2 Å². The van der Waals surface area contributed by atoms with E-state index in [9.17, 15) is 0 Å². The molecule has 7 heteroatoms. The predicted molar refractivity (Wildman–Crippen MR) is 185 cm³/mol. The zero-order chi connectivity index (χ0) is 32.3. The Morgan fingerprint density at radius 2 is 0.809 bits per heavy atom. The van der Waals surface area contributed by atoms with Crippen LogP contribution in [0.25, 0.3) is 24.3 Å². The summed E-state index contributed by atoms with van der Waals surface area (Å²) >= 11 is 0. The van der Waals surface area contributed by atoms with Crippen LogP contribution in [0.15, 0.2) is 97.1 Å². The fraction of sp³-hybridized carbons (Fsp3) is 0.300. The van der Waals surface area contributed by atoms with Crippen molar-refractivity contribution in [2.45, 2.75) is 38.3 Å². The monoisotopic (exact) mass is 634 g/mol. The topological polar surface area (TPSA) is 71.2 Å². The van der Waals surface area contributed by atoms with Gasteiger partial charge in [-0.15, -0.1) is 0 Å². The molecule has 244 valence electrons. The van der Waals surface area contributed by atoms with Crippen LogP contribution < -0.4 is 18.9 Å². The fourth-order valence-electron chi connectivity index (χ4n) is 4.69. The van der Waals surface area contributed by atoms with Crippen molar-refractivity contribution in [3.05, 3.63) is 119 Å². The van der Waals surface area contributed by atoms with Crippen molar-refractivity contribution in [2.75, 3.05) is 39.6 Å². The molecule has 47 heavy (non-hydrogen) atoms. The van der Waals surface area contributed by atoms with E-state index < -0.39 is 0 Å². The van der Waals surface area contributed by atoms with E-state index in [0.29, 0.717) is 26.4 Å². The van der Waals surface area contributed by atoms with E-state index >= 15 is 0 Å². The van der Waals surface area contributed by atoms with Crippen molar-refractivity contribution in [1.82, 2.24) is 0 Å². The maximum atomic E-state index is 6.06. The third kappa shape index (κ3) is 11.3. The SMILES string of the molecule is CC(COCC(C)Oc1ccc(C=Cc2ccc(OCC3CO3)cc2)cc1)Oc1ccc(C=Cc2ccc(OCC3CO3)cc2)cc1. The molecule has 0 amide bonds. The second-order valence-corrected chi connectivity index (χ2v) is 11.9. The summed E-state index contributed by atoms with van der Waals surface area (Å²) < 4.78 is 39.8. The molecule has 4 aromatic carbocycles. The van der Waals surface area contributed by atoms with Gasteiger partial charge < -0.3 is 33.2 Å². The van der Waals surface area contributed by atoms with Crippen molar-refractivity contribution in [2.24, 2.45) is 0 Å². The van der Waals surface area contributed by atoms with E-state index in [2.05, 4.69) is 24.3 Å². The first-order chi connectivity index (χ1) is 23.0. The lowest BCUT2D eigenvalue weighted by molar-refractivity contribution is 0.0188. The van der Waals surface area contributed by atoms with Crippen LogP contribution in [0.1, 0.15) is 36.1 Å². The second-order valence-electron chi connectivity index (χ2n) is 11.9. The lowest BCUT2D eigenvalue weighted by Crippen LogP contribution is -2.25. The van der Waals surface area contributed by atoms with Crippen LogP contribution in [0, 0.1) is 0 Å². The smallest absolute Gasteiger partial charge is 0.119 e. The first kappa shape index (κ1) is 32.4. The Bertz CT molecular complexity index is 1450. The molecule has 2 saturated heterocycles. The molecule has 0 aromatic heterocycles. The molecule has 4 unspecified atom stereocenters. The summed E-state index contributed by atoms with van der Waals surface area (Å²) in [5.74, 6) is 3.34. The largest absolute Gasteiger partial charge is 0.491 e. The van der Waals surface area contributed by atoms with Gasteiger partial charge in [-0.25, -0.2) is 0 Å². The van der Waals surface area contributed by atoms with Crippen molar-refractivity contribution >= 4 is 24.3 Å². The quantitative estimate of drug-likeness (QED) is 0.0816. The minimum atomic E-state index is -0.0945. The Labute approximate surface area is 277 Å². The van der Waals surface area contributed by atoms with Gasteiger partial charge in [0.1, 0.15) is 60.6 Å². The second kappa shape index (κ2) is 16.3. The van der Waals surface area contributed by atoms with Crippen molar-refractivity contribution in [3.8, 4) is 23.0 Å². The van der Waals surface area contributed by atoms with E-state index in [1.165, 1.54) is 0 Å². The number of rotatable bonds is 18. The lowest BCUT2D eigenvalue weighted by atomic mass is 10.1. The zero-order valence-electron chi connectivity index (χ0n) is 27.0. The number of epoxide rings is 2. The third-order valence-corrected chi connectivity index (χ3v) is 7.51. The number of benzene rings is 4. The summed E-state index contributed by atoms with van der Waals surface area (Å²) in [6, 6.07) is 32.2. The first-order valence-electron chi connectivity index (χ1n) is 16.2. The molecule has 2 aliphatic rings. The molecule has 0 spiro atoms. The van der Waals surface area contributed by atoms with Gasteiger partial charge in [-0.05, 0) is 84.6 Å². The van der Waals surface area contributed by atoms with Crippen molar-refractivity contribution in [1.29, 1.82) is 0 Å². The number of ether oxygens (including phenoxy) is 7. The Balaban J connectivity index is 0.862. The molecule has 0 bridgehead atoms. The summed E-state index contributed by atoms with van der Waals surface area (Å²) in [6.07, 6.45) is 8.66. The molecular formula is C40H42O7. The molecule has 0 aliphatic carbocycles. The Hall–Kier alpha value is -4.56. The highest BCUT2D eigenvalue weighted by Crippen LogP contribution is 2.21. The van der Waals surface area contributed by atoms with Crippen LogP contribution in [-0.4, -0.2) is 64.1 Å². The molecule has 0 radical (unpaired) electrons. The summed E-state index contributed by atoms with van der Waals surface area (Å²) in [7, 11) is 0. The maximum Gasteiger partial charge on any atom is 0.119 e. The molecule has 2 fully saturated rings. The summed E-state index contributed by atoms with van der Waals surface area (Å²) in [6.45, 7) is 7.77. The summed E-state index contributed by atoms with van der Waals surface area (Å²) in [5.41, 5.74) is 4.41. The van der Waals surface area contributed by atoms with Gasteiger partial charge in [0.2, 0.25) is 0 Å². The highest BCUT2D eigenvalue weighted by Gasteiger charge is 2.23. The van der Waals surface area contributed by atoms with Gasteiger partial charge >= 0.3 is 0 Å². The van der Waals surface area contributed by atoms with E-state index in [4.69, 9.17) is 33.2 Å². The molecule has 6 rings (SSSR count). The van der Waals surface area contributed by atoms with Gasteiger partial charge in [0.05, 0.1) is 26.4 Å². The predicted octanol–water partition coefficient (Wildman–Crippen LogP) is 7.83. The molecular weight excluding hydrogens is 592 g/mol. The molecule has 4 aromatic rings. The van der Waals surface area contributed by atoms with Crippen LogP contribution in [-0.2, 0) is 14.2 Å². The molecule has 2 aliphatic heterocycles. The average molecular weight is 635 g/mol. The van der Waals surface area contributed by atoms with Crippen LogP contribution in [0.4, 0.5) is 0 Å². The van der Waals surface area contributed by atoms with Crippen LogP contribution >= 0.6 is 0 Å². The standard InChI is InChI=1S/C40H42O7/c1-29(46-37-19-11-33(12-20-37)5-3-31-7-15-35(16-8-31)42-25-39-27-44-39)23-41-24-30(2)47-38-21-13-34(14-22-38)6-4-32-9-17-36(18-10-32)43-26-40-28-45-40/h3-22,29-30,39-40H,23-28H2,1-2H3. The van der Waals surface area contributed by atoms with Gasteiger partial charge in [0, 0.05) is 0 Å². The van der Waals surface area contributed by atoms with E-state index in [-0.39, 0.29) is 24.4 Å². The lowest BCUT2D eigenvalue weighted by Gasteiger charge is -2.18. The number of hydrogen-bond acceptors (Lipinski definition) is 7. The maximum absolute atomic E-state index is 6.06. The highest BCUT2D eigenvalue weighted by molar-refractivity contribution is 5.71. The van der Waals surface area contributed by atoms with Crippen LogP contribution in [0.5, 0.6) is 23.0 Å². The number of hydrogen-bond donors (Lipinski definition) is 0. The fourth-order valence-corrected chi connectivity index (χ4v) is 4.69. The van der Waals surface area contributed by atoms with Gasteiger partial charge in [-0.3, -0.25) is 0 Å². The Morgan fingerprint density at radius 1 is 0.511 bits per heavy atom. The zero-order valence-corrected chi connectivity index (χ0v) is 27.0. The molecule has 0 saturated carbocycles. The van der Waals surface area contributed by atoms with Gasteiger partial charge in [0.15, 0.2) is 0 Å². The van der Waals surface area contributed by atoms with E-state index in [1.807, 2.05) is 111 Å². The summed E-state index contributed by atoms with van der Waals surface area (Å²) in [5, 5.41) is 0. The highest BCUT2D eigenvalue weighted by atomic mass is 16.6. The third-order valence-electron chi connectivity index (χ3n) is 7.51. The van der Waals surface area contributed by atoms with Crippen LogP contribution in [0.3, 0.4) is 0 Å². The Morgan fingerprint density at radius 3 is 1.11 bits per heavy atom. The minimum Gasteiger partial charge on any atom is -0.491 e. The van der Waals surface area contributed by atoms with E-state index in [0.717, 1.165) is 58.5 Å². The molecule has 7 nitrogen and oxygen atoms in total. The minimum absolute atomic E-state index is 0.0945. The Kier molecular flexibility index (Phi) is 11.2. The van der Waals surface area contributed by atoms with Gasteiger partial charge in [0.25, 0.3) is 0 Å². The molecule has 2 heterocycles. The molecule has 4 atom stereocenters. The van der Waals surface area contributed by atoms with Gasteiger partial charge in [-0.1, -0.05) is 72.8 Å². The summed E-state index contributed by atoms with van der Waals surface area (Å²) in [4.78, 5) is 0. The first-order valence-corrected chi connectivity index (χ1v) is 16.2. The van der Waals surface area contributed by atoms with Crippen LogP contribution in [0.2, 0.25) is 0 Å². The van der Waals surface area contributed by atoms with Crippen molar-refractivity contribution in [3.63, 3.8) is 0 Å². The normalized spacial score (nSPS) is 18.2.